The second kappa shape index (κ2) is 8.76. The summed E-state index contributed by atoms with van der Waals surface area (Å²) in [5, 5.41) is 10.6. The van der Waals surface area contributed by atoms with E-state index in [1.807, 2.05) is 18.2 Å². The molecule has 0 bridgehead atoms. The summed E-state index contributed by atoms with van der Waals surface area (Å²) in [7, 11) is 0. The van der Waals surface area contributed by atoms with Crippen molar-refractivity contribution in [2.45, 2.75) is 0 Å². The minimum atomic E-state index is 0.667. The molecule has 0 unspecified atom stereocenters. The molecule has 0 aliphatic heterocycles. The topological polar surface area (TPSA) is 43.9 Å². The normalized spacial score (nSPS) is 12.1. The highest BCUT2D eigenvalue weighted by Gasteiger charge is 2.24. The van der Waals surface area contributed by atoms with Crippen molar-refractivity contribution >= 4 is 76.2 Å². The third kappa shape index (κ3) is 3.17. The molecule has 4 heteroatoms. The van der Waals surface area contributed by atoms with Crippen LogP contribution < -0.4 is 0 Å². The van der Waals surface area contributed by atoms with Crippen molar-refractivity contribution in [3.05, 3.63) is 140 Å². The molecule has 0 fully saturated rings. The Kier molecular flexibility index (Phi) is 4.69. The molecule has 10 rings (SSSR count). The molecule has 3 aromatic heterocycles. The summed E-state index contributed by atoms with van der Waals surface area (Å²) in [6.45, 7) is 0. The Balaban J connectivity index is 1.45. The first-order valence-corrected chi connectivity index (χ1v) is 14.8. The molecular formula is C40H23N3O. The number of furan rings is 1. The average molecular weight is 562 g/mol. The van der Waals surface area contributed by atoms with Gasteiger partial charge in [0.2, 0.25) is 0 Å². The van der Waals surface area contributed by atoms with Crippen LogP contribution in [0.1, 0.15) is 0 Å². The largest absolute Gasteiger partial charge is 0.450 e. The maximum Gasteiger partial charge on any atom is 0.197 e. The van der Waals surface area contributed by atoms with Crippen LogP contribution in [0.3, 0.4) is 0 Å². The van der Waals surface area contributed by atoms with Crippen LogP contribution >= 0.6 is 0 Å². The van der Waals surface area contributed by atoms with Gasteiger partial charge >= 0.3 is 0 Å². The van der Waals surface area contributed by atoms with Crippen LogP contribution in [-0.4, -0.2) is 14.5 Å². The lowest BCUT2D eigenvalue weighted by Crippen LogP contribution is -2.01. The zero-order valence-corrected chi connectivity index (χ0v) is 23.5. The molecule has 204 valence electrons. The van der Waals surface area contributed by atoms with E-state index >= 15 is 0 Å². The lowest BCUT2D eigenvalue weighted by molar-refractivity contribution is 0.662. The number of aromatic nitrogens is 3. The summed E-state index contributed by atoms with van der Waals surface area (Å²) in [4.78, 5) is 10.5. The monoisotopic (exact) mass is 561 g/mol. The maximum absolute atomic E-state index is 6.73. The van der Waals surface area contributed by atoms with Crippen LogP contribution in [0.15, 0.2) is 144 Å². The molecule has 44 heavy (non-hydrogen) atoms. The van der Waals surface area contributed by atoms with Gasteiger partial charge < -0.3 is 4.42 Å². The number of nitrogens with zero attached hydrogens (tertiary/aromatic N) is 3. The fourth-order valence-electron chi connectivity index (χ4n) is 7.04. The minimum Gasteiger partial charge on any atom is -0.450 e. The quantitative estimate of drug-likeness (QED) is 0.211. The molecule has 0 aliphatic carbocycles. The van der Waals surface area contributed by atoms with Crippen LogP contribution in [0.2, 0.25) is 0 Å². The molecule has 0 aliphatic rings. The first-order chi connectivity index (χ1) is 21.8. The highest BCUT2D eigenvalue weighted by molar-refractivity contribution is 6.29. The van der Waals surface area contributed by atoms with Gasteiger partial charge in [-0.15, -0.1) is 0 Å². The van der Waals surface area contributed by atoms with Gasteiger partial charge in [-0.05, 0) is 50.5 Å². The van der Waals surface area contributed by atoms with E-state index < -0.39 is 0 Å². The van der Waals surface area contributed by atoms with Crippen molar-refractivity contribution in [2.75, 3.05) is 0 Å². The number of hydrogen-bond acceptors (Lipinski definition) is 3. The van der Waals surface area contributed by atoms with Gasteiger partial charge in [-0.1, -0.05) is 121 Å². The summed E-state index contributed by atoms with van der Waals surface area (Å²) in [6.07, 6.45) is 0. The van der Waals surface area contributed by atoms with Crippen LogP contribution in [0.4, 0.5) is 0 Å². The Bertz CT molecular complexity index is 2680. The van der Waals surface area contributed by atoms with Crippen molar-refractivity contribution in [1.29, 1.82) is 0 Å². The Morgan fingerprint density at radius 3 is 1.59 bits per heavy atom. The molecule has 0 atom stereocenters. The third-order valence-electron chi connectivity index (χ3n) is 8.98. The fourth-order valence-corrected chi connectivity index (χ4v) is 7.04. The molecule has 0 radical (unpaired) electrons. The van der Waals surface area contributed by atoms with Crippen LogP contribution in [-0.2, 0) is 0 Å². The van der Waals surface area contributed by atoms with Crippen LogP contribution in [0, 0.1) is 0 Å². The fraction of sp³-hybridized carbons (Fsp3) is 0. The molecule has 0 saturated carbocycles. The standard InChI is InChI=1S/C40H23N3O/c1-2-13-27(14-3-1)39-41-37-36-30-17-9-6-12-26(30)20-23-33(36)44-38(37)40(42-39)43-31-21-18-24-10-4-7-15-28(24)34(31)35-29-16-8-5-11-25(29)19-22-32(35)43/h1-23H. The van der Waals surface area contributed by atoms with Gasteiger partial charge in [0.15, 0.2) is 17.2 Å². The van der Waals surface area contributed by atoms with E-state index in [1.54, 1.807) is 0 Å². The van der Waals surface area contributed by atoms with Crippen molar-refractivity contribution in [3.63, 3.8) is 0 Å². The highest BCUT2D eigenvalue weighted by atomic mass is 16.3. The summed E-state index contributed by atoms with van der Waals surface area (Å²) in [6, 6.07) is 48.9. The first-order valence-electron chi connectivity index (χ1n) is 14.8. The molecule has 0 saturated heterocycles. The Labute approximate surface area is 251 Å². The van der Waals surface area contributed by atoms with Gasteiger partial charge in [-0.25, -0.2) is 9.97 Å². The summed E-state index contributed by atoms with van der Waals surface area (Å²) in [5.74, 6) is 1.40. The zero-order valence-electron chi connectivity index (χ0n) is 23.5. The van der Waals surface area contributed by atoms with Gasteiger partial charge in [0, 0.05) is 16.3 Å². The van der Waals surface area contributed by atoms with Crippen molar-refractivity contribution < 1.29 is 4.42 Å². The van der Waals surface area contributed by atoms with Gasteiger partial charge in [-0.2, -0.15) is 0 Å². The molecule has 0 N–H and O–H groups in total. The second-order valence-electron chi connectivity index (χ2n) is 11.4. The molecule has 10 aromatic rings. The Morgan fingerprint density at radius 1 is 0.455 bits per heavy atom. The molecule has 3 heterocycles. The second-order valence-corrected chi connectivity index (χ2v) is 11.4. The maximum atomic E-state index is 6.73. The van der Waals surface area contributed by atoms with E-state index in [0.717, 1.165) is 49.7 Å². The van der Waals surface area contributed by atoms with E-state index in [-0.39, 0.29) is 0 Å². The molecular weight excluding hydrogens is 538 g/mol. The van der Waals surface area contributed by atoms with Gasteiger partial charge in [0.1, 0.15) is 11.1 Å². The first kappa shape index (κ1) is 23.6. The zero-order chi connectivity index (χ0) is 28.8. The van der Waals surface area contributed by atoms with E-state index in [0.29, 0.717) is 11.4 Å². The van der Waals surface area contributed by atoms with Crippen LogP contribution in [0.25, 0.3) is 93.4 Å². The predicted molar refractivity (Wildman–Crippen MR) is 182 cm³/mol. The van der Waals surface area contributed by atoms with Gasteiger partial charge in [0.25, 0.3) is 0 Å². The molecule has 0 spiro atoms. The van der Waals surface area contributed by atoms with E-state index in [9.17, 15) is 0 Å². The summed E-state index contributed by atoms with van der Waals surface area (Å²) >= 11 is 0. The highest BCUT2D eigenvalue weighted by Crippen LogP contribution is 2.43. The van der Waals surface area contributed by atoms with Crippen LogP contribution in [0.5, 0.6) is 0 Å². The Morgan fingerprint density at radius 2 is 0.977 bits per heavy atom. The third-order valence-corrected chi connectivity index (χ3v) is 8.98. The van der Waals surface area contributed by atoms with Crippen molar-refractivity contribution in [1.82, 2.24) is 14.5 Å². The SMILES string of the molecule is c1ccc(-c2nc(-n3c4ccc5ccccc5c4c4c5ccccc5ccc43)c3oc4ccc5ccccc5c4c3n2)cc1. The average Bonchev–Trinajstić information content (AvgIpc) is 3.65. The summed E-state index contributed by atoms with van der Waals surface area (Å²) in [5.41, 5.74) is 5.42. The number of benzene rings is 7. The number of hydrogen-bond donors (Lipinski definition) is 0. The summed E-state index contributed by atoms with van der Waals surface area (Å²) < 4.78 is 9.02. The molecule has 7 aromatic carbocycles. The molecule has 0 amide bonds. The van der Waals surface area contributed by atoms with Crippen molar-refractivity contribution in [2.24, 2.45) is 0 Å². The lowest BCUT2D eigenvalue weighted by Gasteiger charge is -2.10. The smallest absolute Gasteiger partial charge is 0.197 e. The molecule has 4 nitrogen and oxygen atoms in total. The number of rotatable bonds is 2. The van der Waals surface area contributed by atoms with Crippen molar-refractivity contribution in [3.8, 4) is 17.2 Å². The lowest BCUT2D eigenvalue weighted by atomic mass is 10.00. The van der Waals surface area contributed by atoms with E-state index in [1.165, 1.54) is 32.3 Å². The van der Waals surface area contributed by atoms with E-state index in [2.05, 4.69) is 126 Å². The predicted octanol–water partition coefficient (Wildman–Crippen LogP) is 10.6. The minimum absolute atomic E-state index is 0.667. The number of fused-ring (bicyclic) bond motifs is 12. The Hall–Kier alpha value is -6.00. The van der Waals surface area contributed by atoms with Gasteiger partial charge in [-0.3, -0.25) is 4.57 Å². The van der Waals surface area contributed by atoms with E-state index in [4.69, 9.17) is 14.4 Å². The van der Waals surface area contributed by atoms with Gasteiger partial charge in [0.05, 0.1) is 16.4 Å².